The number of hydrogen-bond acceptors (Lipinski definition) is 2. The number of nitrogens with zero attached hydrogens (tertiary/aromatic N) is 4. The summed E-state index contributed by atoms with van der Waals surface area (Å²) in [4.78, 5) is 0. The Hall–Kier alpha value is -1.78. The first-order chi connectivity index (χ1) is 7.75. The van der Waals surface area contributed by atoms with Gasteiger partial charge in [-0.3, -0.25) is 4.68 Å². The van der Waals surface area contributed by atoms with Gasteiger partial charge in [-0.15, -0.1) is 5.10 Å². The van der Waals surface area contributed by atoms with Crippen LogP contribution in [0.25, 0.3) is 5.82 Å². The lowest BCUT2D eigenvalue weighted by molar-refractivity contribution is -0.670. The number of imidazole rings is 1. The second-order valence-corrected chi connectivity index (χ2v) is 4.35. The van der Waals surface area contributed by atoms with E-state index in [0.29, 0.717) is 0 Å². The zero-order valence-electron chi connectivity index (χ0n) is 9.43. The molecule has 0 radical (unpaired) electrons. The smallest absolute Gasteiger partial charge is 0.267 e. The maximum atomic E-state index is 6.15. The molecule has 2 aromatic heterocycles. The van der Waals surface area contributed by atoms with Gasteiger partial charge < -0.3 is 5.73 Å². The summed E-state index contributed by atoms with van der Waals surface area (Å²) in [6, 6.07) is 0. The van der Waals surface area contributed by atoms with E-state index in [4.69, 9.17) is 5.73 Å². The van der Waals surface area contributed by atoms with Crippen molar-refractivity contribution in [1.82, 2.24) is 14.3 Å². The zero-order valence-corrected chi connectivity index (χ0v) is 9.43. The Morgan fingerprint density at radius 1 is 1.44 bits per heavy atom. The fourth-order valence-electron chi connectivity index (χ4n) is 2.27. The molecule has 2 aromatic rings. The summed E-state index contributed by atoms with van der Waals surface area (Å²) in [6.45, 7) is 0.993. The molecule has 0 aromatic carbocycles. The van der Waals surface area contributed by atoms with E-state index in [1.807, 2.05) is 39.6 Å². The highest BCUT2D eigenvalue weighted by molar-refractivity contribution is 5.57. The van der Waals surface area contributed by atoms with Crippen LogP contribution in [0.3, 0.4) is 0 Å². The minimum Gasteiger partial charge on any atom is -0.392 e. The quantitative estimate of drug-likeness (QED) is 0.705. The molecule has 3 heterocycles. The summed E-state index contributed by atoms with van der Waals surface area (Å²) in [5.74, 6) is 0.859. The minimum absolute atomic E-state index is 0.830. The maximum Gasteiger partial charge on any atom is 0.267 e. The molecular formula is C11H16N5+. The van der Waals surface area contributed by atoms with E-state index < -0.39 is 0 Å². The molecule has 3 rings (SSSR count). The average Bonchev–Trinajstić information content (AvgIpc) is 2.84. The molecular weight excluding hydrogens is 202 g/mol. The standard InChI is InChI=1S/C11H16N5/c1-14-6-7-15(8-14)11-10(12)9-4-2-3-5-16(9)13-11/h6-8H,2-5,12H2,1H3/q+1. The van der Waals surface area contributed by atoms with Crippen LogP contribution in [-0.2, 0) is 20.0 Å². The largest absolute Gasteiger partial charge is 0.392 e. The Labute approximate surface area is 94.1 Å². The van der Waals surface area contributed by atoms with E-state index in [1.165, 1.54) is 18.5 Å². The third-order valence-electron chi connectivity index (χ3n) is 3.13. The van der Waals surface area contributed by atoms with Crippen molar-refractivity contribution in [3.63, 3.8) is 0 Å². The number of nitrogens with two attached hydrogens (primary N) is 1. The van der Waals surface area contributed by atoms with E-state index in [0.717, 1.165) is 24.5 Å². The van der Waals surface area contributed by atoms with Gasteiger partial charge in [-0.1, -0.05) is 0 Å². The Morgan fingerprint density at radius 3 is 3.00 bits per heavy atom. The van der Waals surface area contributed by atoms with E-state index >= 15 is 0 Å². The van der Waals surface area contributed by atoms with E-state index in [2.05, 4.69) is 5.10 Å². The third kappa shape index (κ3) is 1.31. The Kier molecular flexibility index (Phi) is 1.99. The monoisotopic (exact) mass is 218 g/mol. The van der Waals surface area contributed by atoms with Crippen molar-refractivity contribution in [2.45, 2.75) is 25.8 Å². The molecule has 0 atom stereocenters. The number of aryl methyl sites for hydroxylation is 2. The molecule has 0 bridgehead atoms. The second-order valence-electron chi connectivity index (χ2n) is 4.35. The van der Waals surface area contributed by atoms with Gasteiger partial charge in [-0.25, -0.2) is 4.57 Å². The van der Waals surface area contributed by atoms with Crippen LogP contribution in [0.2, 0.25) is 0 Å². The van der Waals surface area contributed by atoms with Crippen molar-refractivity contribution >= 4 is 5.69 Å². The van der Waals surface area contributed by atoms with Crippen LogP contribution >= 0.6 is 0 Å². The summed E-state index contributed by atoms with van der Waals surface area (Å²) < 4.78 is 6.01. The molecule has 0 unspecified atom stereocenters. The van der Waals surface area contributed by atoms with Crippen molar-refractivity contribution in [3.05, 3.63) is 24.4 Å². The lowest BCUT2D eigenvalue weighted by Gasteiger charge is -2.12. The number of nitrogen functional groups attached to an aromatic ring is 1. The number of hydrogen-bond donors (Lipinski definition) is 1. The minimum atomic E-state index is 0.830. The molecule has 5 nitrogen and oxygen atoms in total. The van der Waals surface area contributed by atoms with Crippen LogP contribution < -0.4 is 10.3 Å². The van der Waals surface area contributed by atoms with Gasteiger partial charge in [-0.2, -0.15) is 4.57 Å². The molecule has 16 heavy (non-hydrogen) atoms. The lowest BCUT2D eigenvalue weighted by atomic mass is 10.1. The highest BCUT2D eigenvalue weighted by Gasteiger charge is 2.22. The Morgan fingerprint density at radius 2 is 2.31 bits per heavy atom. The SMILES string of the molecule is C[n+]1ccn(-c2nn3c(c2N)CCCC3)c1. The molecule has 0 fully saturated rings. The zero-order chi connectivity index (χ0) is 11.1. The Balaban J connectivity index is 2.11. The maximum absolute atomic E-state index is 6.15. The fraction of sp³-hybridized carbons (Fsp3) is 0.455. The average molecular weight is 218 g/mol. The lowest BCUT2D eigenvalue weighted by Crippen LogP contribution is -2.23. The second kappa shape index (κ2) is 3.37. The first-order valence-corrected chi connectivity index (χ1v) is 5.64. The van der Waals surface area contributed by atoms with Gasteiger partial charge in [-0.05, 0) is 19.3 Å². The van der Waals surface area contributed by atoms with Gasteiger partial charge in [0.2, 0.25) is 6.33 Å². The molecule has 5 heteroatoms. The number of fused-ring (bicyclic) bond motifs is 1. The van der Waals surface area contributed by atoms with Crippen LogP contribution in [-0.4, -0.2) is 14.3 Å². The molecule has 0 saturated carbocycles. The number of rotatable bonds is 1. The predicted octanol–water partition coefficient (Wildman–Crippen LogP) is 0.417. The summed E-state index contributed by atoms with van der Waals surface area (Å²) in [6.07, 6.45) is 9.40. The summed E-state index contributed by atoms with van der Waals surface area (Å²) in [7, 11) is 1.99. The van der Waals surface area contributed by atoms with Gasteiger partial charge in [0.05, 0.1) is 12.7 Å². The highest BCUT2D eigenvalue weighted by atomic mass is 15.3. The topological polar surface area (TPSA) is 52.6 Å². The van der Waals surface area contributed by atoms with Crippen molar-refractivity contribution in [1.29, 1.82) is 0 Å². The molecule has 1 aliphatic rings. The van der Waals surface area contributed by atoms with Crippen molar-refractivity contribution < 1.29 is 4.57 Å². The van der Waals surface area contributed by atoms with Crippen LogP contribution in [0.15, 0.2) is 18.7 Å². The van der Waals surface area contributed by atoms with Crippen LogP contribution in [0.5, 0.6) is 0 Å². The molecule has 0 amide bonds. The molecule has 84 valence electrons. The number of anilines is 1. The first-order valence-electron chi connectivity index (χ1n) is 5.64. The third-order valence-corrected chi connectivity index (χ3v) is 3.13. The summed E-state index contributed by atoms with van der Waals surface area (Å²) in [5.41, 5.74) is 8.17. The van der Waals surface area contributed by atoms with Crippen LogP contribution in [0.1, 0.15) is 18.5 Å². The van der Waals surface area contributed by atoms with E-state index in [9.17, 15) is 0 Å². The molecule has 0 spiro atoms. The van der Waals surface area contributed by atoms with Crippen LogP contribution in [0, 0.1) is 0 Å². The van der Waals surface area contributed by atoms with E-state index in [-0.39, 0.29) is 0 Å². The predicted molar refractivity (Wildman–Crippen MR) is 60.1 cm³/mol. The summed E-state index contributed by atoms with van der Waals surface area (Å²) >= 11 is 0. The first kappa shape index (κ1) is 9.45. The van der Waals surface area contributed by atoms with Crippen LogP contribution in [0.4, 0.5) is 5.69 Å². The molecule has 1 aliphatic heterocycles. The molecule has 0 aliphatic carbocycles. The van der Waals surface area contributed by atoms with Gasteiger partial charge >= 0.3 is 0 Å². The molecule has 2 N–H and O–H groups in total. The molecule has 0 saturated heterocycles. The van der Waals surface area contributed by atoms with Gasteiger partial charge in [0.1, 0.15) is 18.1 Å². The summed E-state index contributed by atoms with van der Waals surface area (Å²) in [5, 5.41) is 4.58. The van der Waals surface area contributed by atoms with Crippen molar-refractivity contribution in [2.24, 2.45) is 7.05 Å². The van der Waals surface area contributed by atoms with Gasteiger partial charge in [0.25, 0.3) is 5.82 Å². The van der Waals surface area contributed by atoms with Crippen molar-refractivity contribution in [2.75, 3.05) is 5.73 Å². The van der Waals surface area contributed by atoms with Crippen molar-refractivity contribution in [3.8, 4) is 5.82 Å². The van der Waals surface area contributed by atoms with Gasteiger partial charge in [0.15, 0.2) is 0 Å². The normalized spacial score (nSPS) is 15.1. The highest BCUT2D eigenvalue weighted by Crippen LogP contribution is 2.25. The van der Waals surface area contributed by atoms with Gasteiger partial charge in [0, 0.05) is 6.54 Å². The Bertz CT molecular complexity index is 522. The van der Waals surface area contributed by atoms with E-state index in [1.54, 1.807) is 0 Å². The number of aromatic nitrogens is 4. The fourth-order valence-corrected chi connectivity index (χ4v) is 2.27.